The fourth-order valence-corrected chi connectivity index (χ4v) is 1.82. The third-order valence-electron chi connectivity index (χ3n) is 2.64. The number of rotatable bonds is 4. The summed E-state index contributed by atoms with van der Waals surface area (Å²) in [7, 11) is 3.86. The fourth-order valence-electron chi connectivity index (χ4n) is 1.68. The second-order valence-electron chi connectivity index (χ2n) is 4.15. The molecular weight excluding hydrogens is 246 g/mol. The Balaban J connectivity index is 2.09. The van der Waals surface area contributed by atoms with E-state index in [1.165, 1.54) is 0 Å². The lowest BCUT2D eigenvalue weighted by Gasteiger charge is -2.17. The van der Waals surface area contributed by atoms with Gasteiger partial charge in [0.2, 0.25) is 0 Å². The van der Waals surface area contributed by atoms with Crippen LogP contribution in [-0.2, 0) is 13.6 Å². The molecule has 0 amide bonds. The molecule has 0 saturated carbocycles. The van der Waals surface area contributed by atoms with Crippen LogP contribution in [0, 0.1) is 0 Å². The van der Waals surface area contributed by atoms with Gasteiger partial charge in [0.05, 0.1) is 6.54 Å². The predicted molar refractivity (Wildman–Crippen MR) is 75.4 cm³/mol. The van der Waals surface area contributed by atoms with Crippen molar-refractivity contribution in [2.45, 2.75) is 6.54 Å². The van der Waals surface area contributed by atoms with E-state index >= 15 is 0 Å². The van der Waals surface area contributed by atoms with E-state index in [2.05, 4.69) is 15.2 Å². The molecule has 2 N–H and O–H groups in total. The van der Waals surface area contributed by atoms with E-state index in [-0.39, 0.29) is 0 Å². The van der Waals surface area contributed by atoms with Gasteiger partial charge in [0.1, 0.15) is 10.7 Å². The molecule has 1 aromatic heterocycles. The van der Waals surface area contributed by atoms with Gasteiger partial charge in [-0.25, -0.2) is 0 Å². The molecule has 2 aromatic rings. The van der Waals surface area contributed by atoms with Crippen molar-refractivity contribution in [2.24, 2.45) is 12.8 Å². The topological polar surface area (TPSA) is 60.0 Å². The highest BCUT2D eigenvalue weighted by atomic mass is 32.1. The molecule has 0 bridgehead atoms. The van der Waals surface area contributed by atoms with Gasteiger partial charge in [-0.2, -0.15) is 0 Å². The van der Waals surface area contributed by atoms with Crippen molar-refractivity contribution in [1.82, 2.24) is 15.0 Å². The molecular formula is C12H15N5S. The van der Waals surface area contributed by atoms with Crippen molar-refractivity contribution in [3.05, 3.63) is 41.7 Å². The van der Waals surface area contributed by atoms with Crippen LogP contribution in [0.3, 0.4) is 0 Å². The summed E-state index contributed by atoms with van der Waals surface area (Å²) >= 11 is 4.92. The summed E-state index contributed by atoms with van der Waals surface area (Å²) in [6.07, 6.45) is 1.90. The molecule has 0 atom stereocenters. The first-order valence-electron chi connectivity index (χ1n) is 5.52. The maximum atomic E-state index is 5.56. The van der Waals surface area contributed by atoms with E-state index in [9.17, 15) is 0 Å². The highest BCUT2D eigenvalue weighted by Crippen LogP contribution is 2.15. The molecule has 0 spiro atoms. The van der Waals surface area contributed by atoms with Gasteiger partial charge in [-0.1, -0.05) is 17.4 Å². The van der Waals surface area contributed by atoms with Crippen molar-refractivity contribution in [3.63, 3.8) is 0 Å². The number of hydrogen-bond acceptors (Lipinski definition) is 4. The van der Waals surface area contributed by atoms with Gasteiger partial charge in [0.25, 0.3) is 0 Å². The van der Waals surface area contributed by atoms with Crippen LogP contribution in [0.15, 0.2) is 30.5 Å². The van der Waals surface area contributed by atoms with Crippen molar-refractivity contribution in [1.29, 1.82) is 0 Å². The van der Waals surface area contributed by atoms with E-state index in [1.807, 2.05) is 44.6 Å². The van der Waals surface area contributed by atoms with Crippen molar-refractivity contribution < 1.29 is 0 Å². The number of nitrogens with two attached hydrogens (primary N) is 1. The third-order valence-corrected chi connectivity index (χ3v) is 2.88. The largest absolute Gasteiger partial charge is 0.389 e. The molecule has 0 radical (unpaired) electrons. The van der Waals surface area contributed by atoms with Crippen LogP contribution in [0.2, 0.25) is 0 Å². The molecule has 1 aromatic carbocycles. The van der Waals surface area contributed by atoms with Crippen LogP contribution >= 0.6 is 12.2 Å². The number of nitrogens with zero attached hydrogens (tertiary/aromatic N) is 4. The average Bonchev–Trinajstić information content (AvgIpc) is 2.75. The first-order valence-corrected chi connectivity index (χ1v) is 5.93. The Morgan fingerprint density at radius 2 is 2.06 bits per heavy atom. The van der Waals surface area contributed by atoms with Crippen LogP contribution in [0.4, 0.5) is 5.69 Å². The third kappa shape index (κ3) is 2.84. The number of hydrogen-bond donors (Lipinski definition) is 1. The Labute approximate surface area is 111 Å². The van der Waals surface area contributed by atoms with Gasteiger partial charge < -0.3 is 10.6 Å². The van der Waals surface area contributed by atoms with Gasteiger partial charge in [0, 0.05) is 31.5 Å². The van der Waals surface area contributed by atoms with Gasteiger partial charge in [-0.3, -0.25) is 4.68 Å². The van der Waals surface area contributed by atoms with Crippen LogP contribution < -0.4 is 10.6 Å². The Morgan fingerprint density at radius 3 is 2.56 bits per heavy atom. The highest BCUT2D eigenvalue weighted by molar-refractivity contribution is 7.80. The number of aryl methyl sites for hydroxylation is 1. The molecule has 0 fully saturated rings. The molecule has 0 aliphatic heterocycles. The average molecular weight is 261 g/mol. The lowest BCUT2D eigenvalue weighted by molar-refractivity contribution is 0.712. The number of benzene rings is 1. The van der Waals surface area contributed by atoms with Crippen LogP contribution in [0.5, 0.6) is 0 Å². The molecule has 0 unspecified atom stereocenters. The normalized spacial score (nSPS) is 10.3. The van der Waals surface area contributed by atoms with E-state index in [1.54, 1.807) is 4.68 Å². The summed E-state index contributed by atoms with van der Waals surface area (Å²) in [5.74, 6) is 0. The van der Waals surface area contributed by atoms with Crippen molar-refractivity contribution in [3.8, 4) is 0 Å². The fraction of sp³-hybridized carbons (Fsp3) is 0.250. The predicted octanol–water partition coefficient (Wildman–Crippen LogP) is 1.09. The minimum Gasteiger partial charge on any atom is -0.389 e. The standard InChI is InChI=1S/C12H15N5S/c1-16(7-10-8-17(2)15-14-10)11-5-3-9(4-6-11)12(13)18/h3-6,8H,7H2,1-2H3,(H2,13,18). The zero-order chi connectivity index (χ0) is 13.1. The van der Waals surface area contributed by atoms with Gasteiger partial charge >= 0.3 is 0 Å². The zero-order valence-corrected chi connectivity index (χ0v) is 11.2. The molecule has 0 aliphatic carbocycles. The van der Waals surface area contributed by atoms with Crippen LogP contribution in [0.25, 0.3) is 0 Å². The number of thiocarbonyl (C=S) groups is 1. The number of aromatic nitrogens is 3. The van der Waals surface area contributed by atoms with Gasteiger partial charge in [-0.05, 0) is 24.3 Å². The molecule has 2 rings (SSSR count). The van der Waals surface area contributed by atoms with Crippen molar-refractivity contribution in [2.75, 3.05) is 11.9 Å². The Kier molecular flexibility index (Phi) is 3.57. The smallest absolute Gasteiger partial charge is 0.103 e. The summed E-state index contributed by atoms with van der Waals surface area (Å²) < 4.78 is 1.69. The minimum absolute atomic E-state index is 0.415. The van der Waals surface area contributed by atoms with Crippen molar-refractivity contribution >= 4 is 22.9 Å². The molecule has 5 nitrogen and oxygen atoms in total. The maximum Gasteiger partial charge on any atom is 0.103 e. The molecule has 18 heavy (non-hydrogen) atoms. The maximum absolute atomic E-state index is 5.56. The zero-order valence-electron chi connectivity index (χ0n) is 10.4. The second kappa shape index (κ2) is 5.14. The molecule has 1 heterocycles. The second-order valence-corrected chi connectivity index (χ2v) is 4.59. The van der Waals surface area contributed by atoms with Gasteiger partial charge in [0.15, 0.2) is 0 Å². The van der Waals surface area contributed by atoms with E-state index in [4.69, 9.17) is 18.0 Å². The SMILES string of the molecule is CN(Cc1cn(C)nn1)c1ccc(C(N)=S)cc1. The first kappa shape index (κ1) is 12.5. The summed E-state index contributed by atoms with van der Waals surface area (Å²) in [5, 5.41) is 7.96. The highest BCUT2D eigenvalue weighted by Gasteiger charge is 2.05. The minimum atomic E-state index is 0.415. The summed E-state index contributed by atoms with van der Waals surface area (Å²) in [5.41, 5.74) is 8.45. The number of anilines is 1. The monoisotopic (exact) mass is 261 g/mol. The van der Waals surface area contributed by atoms with E-state index < -0.39 is 0 Å². The molecule has 94 valence electrons. The lowest BCUT2D eigenvalue weighted by atomic mass is 10.2. The summed E-state index contributed by atoms with van der Waals surface area (Å²) in [6, 6.07) is 7.82. The van der Waals surface area contributed by atoms with E-state index in [0.717, 1.165) is 16.9 Å². The molecule has 0 saturated heterocycles. The first-order chi connectivity index (χ1) is 8.56. The summed E-state index contributed by atoms with van der Waals surface area (Å²) in [6.45, 7) is 0.709. The Morgan fingerprint density at radius 1 is 1.39 bits per heavy atom. The lowest BCUT2D eigenvalue weighted by Crippen LogP contribution is -2.17. The molecule has 6 heteroatoms. The Hall–Kier alpha value is -1.95. The van der Waals surface area contributed by atoms with Crippen LogP contribution in [0.1, 0.15) is 11.3 Å². The van der Waals surface area contributed by atoms with Crippen LogP contribution in [-0.4, -0.2) is 27.0 Å². The molecule has 0 aliphatic rings. The quantitative estimate of drug-likeness (QED) is 0.835. The van der Waals surface area contributed by atoms with Gasteiger partial charge in [-0.15, -0.1) is 5.10 Å². The summed E-state index contributed by atoms with van der Waals surface area (Å²) in [4.78, 5) is 2.51. The van der Waals surface area contributed by atoms with E-state index in [0.29, 0.717) is 11.5 Å². The Bertz CT molecular complexity index is 546.